The van der Waals surface area contributed by atoms with Gasteiger partial charge in [0.25, 0.3) is 5.69 Å². The lowest BCUT2D eigenvalue weighted by atomic mass is 9.91. The van der Waals surface area contributed by atoms with Crippen molar-refractivity contribution in [2.45, 2.75) is 19.4 Å². The van der Waals surface area contributed by atoms with Gasteiger partial charge in [0.05, 0.1) is 17.1 Å². The summed E-state index contributed by atoms with van der Waals surface area (Å²) in [4.78, 5) is 27.7. The van der Waals surface area contributed by atoms with Crippen molar-refractivity contribution in [1.29, 1.82) is 0 Å². The van der Waals surface area contributed by atoms with Gasteiger partial charge in [-0.1, -0.05) is 42.5 Å². The highest BCUT2D eigenvalue weighted by Crippen LogP contribution is 2.34. The minimum absolute atomic E-state index is 0.163. The molecular weight excluding hydrogens is 308 g/mol. The zero-order chi connectivity index (χ0) is 17.6. The van der Waals surface area contributed by atoms with E-state index in [2.05, 4.69) is 4.99 Å². The summed E-state index contributed by atoms with van der Waals surface area (Å²) in [5.41, 5.74) is -0.694. The molecule has 0 aliphatic rings. The second-order valence-corrected chi connectivity index (χ2v) is 5.24. The first-order chi connectivity index (χ1) is 11.5. The predicted octanol–water partition coefficient (Wildman–Crippen LogP) is 3.49. The maximum Gasteiger partial charge on any atom is 0.338 e. The summed E-state index contributed by atoms with van der Waals surface area (Å²) in [6, 6.07) is 15.3. The zero-order valence-electron chi connectivity index (χ0n) is 13.5. The summed E-state index contributed by atoms with van der Waals surface area (Å²) in [5.74, 6) is -0.633. The molecule has 0 bridgehead atoms. The molecule has 0 aromatic heterocycles. The molecule has 2 rings (SSSR count). The van der Waals surface area contributed by atoms with Crippen molar-refractivity contribution in [3.05, 3.63) is 75.8 Å². The number of nitro benzene ring substituents is 1. The molecule has 6 nitrogen and oxygen atoms in total. The number of benzene rings is 2. The lowest BCUT2D eigenvalue weighted by molar-refractivity contribution is -0.386. The van der Waals surface area contributed by atoms with Gasteiger partial charge in [-0.05, 0) is 25.5 Å². The molecule has 0 radical (unpaired) electrons. The van der Waals surface area contributed by atoms with Gasteiger partial charge in [-0.25, -0.2) is 4.79 Å². The van der Waals surface area contributed by atoms with Crippen LogP contribution >= 0.6 is 0 Å². The number of carbonyl (C=O) groups excluding carboxylic acids is 1. The Kier molecular flexibility index (Phi) is 5.42. The topological polar surface area (TPSA) is 81.8 Å². The summed E-state index contributed by atoms with van der Waals surface area (Å²) >= 11 is 0. The molecule has 0 heterocycles. The number of hydrogen-bond donors (Lipinski definition) is 0. The van der Waals surface area contributed by atoms with Gasteiger partial charge in [-0.15, -0.1) is 0 Å². The number of nitro groups is 1. The largest absolute Gasteiger partial charge is 0.464 e. The lowest BCUT2D eigenvalue weighted by Gasteiger charge is -2.23. The van der Waals surface area contributed by atoms with Gasteiger partial charge in [0.2, 0.25) is 0 Å². The van der Waals surface area contributed by atoms with Gasteiger partial charge < -0.3 is 4.74 Å². The first-order valence-electron chi connectivity index (χ1n) is 7.50. The SMILES string of the molecule is CCOC(=O)C(C)(N=Cc1ccccc1)c1ccccc1[N+](=O)[O-]. The standard InChI is InChI=1S/C18H18N2O4/c1-3-24-17(21)18(2,19-13-14-9-5-4-6-10-14)15-11-7-8-12-16(15)20(22)23/h4-13H,3H2,1-2H3. The average molecular weight is 326 g/mol. The van der Waals surface area contributed by atoms with Crippen molar-refractivity contribution in [1.82, 2.24) is 0 Å². The molecule has 1 atom stereocenters. The second-order valence-electron chi connectivity index (χ2n) is 5.24. The van der Waals surface area contributed by atoms with Crippen LogP contribution in [0.1, 0.15) is 25.0 Å². The molecule has 2 aromatic carbocycles. The van der Waals surface area contributed by atoms with E-state index in [1.165, 1.54) is 25.3 Å². The number of carbonyl (C=O) groups is 1. The number of rotatable bonds is 6. The van der Waals surface area contributed by atoms with E-state index in [9.17, 15) is 14.9 Å². The van der Waals surface area contributed by atoms with Gasteiger partial charge in [0.15, 0.2) is 5.54 Å². The van der Waals surface area contributed by atoms with Gasteiger partial charge in [0.1, 0.15) is 0 Å². The third-order valence-corrected chi connectivity index (χ3v) is 3.57. The first-order valence-corrected chi connectivity index (χ1v) is 7.50. The lowest BCUT2D eigenvalue weighted by Crippen LogP contribution is -2.33. The molecule has 0 spiro atoms. The molecule has 0 saturated carbocycles. The van der Waals surface area contributed by atoms with E-state index >= 15 is 0 Å². The summed E-state index contributed by atoms with van der Waals surface area (Å²) in [5, 5.41) is 11.3. The molecular formula is C18H18N2O4. The molecule has 0 amide bonds. The second kappa shape index (κ2) is 7.50. The highest BCUT2D eigenvalue weighted by atomic mass is 16.6. The van der Waals surface area contributed by atoms with Crippen LogP contribution in [0, 0.1) is 10.1 Å². The van der Waals surface area contributed by atoms with Crippen LogP contribution in [0.5, 0.6) is 0 Å². The van der Waals surface area contributed by atoms with Crippen LogP contribution in [0.3, 0.4) is 0 Å². The van der Waals surface area contributed by atoms with Crippen LogP contribution in [0.25, 0.3) is 0 Å². The maximum atomic E-state index is 12.5. The maximum absolute atomic E-state index is 12.5. The van der Waals surface area contributed by atoms with Gasteiger partial charge in [-0.3, -0.25) is 15.1 Å². The Hall–Kier alpha value is -3.02. The first kappa shape index (κ1) is 17.3. The third kappa shape index (κ3) is 3.65. The van der Waals surface area contributed by atoms with Crippen LogP contribution in [-0.4, -0.2) is 23.7 Å². The smallest absolute Gasteiger partial charge is 0.338 e. The fourth-order valence-corrected chi connectivity index (χ4v) is 2.29. The summed E-state index contributed by atoms with van der Waals surface area (Å²) in [6.45, 7) is 3.36. The van der Waals surface area contributed by atoms with E-state index in [1.807, 2.05) is 30.3 Å². The van der Waals surface area contributed by atoms with E-state index in [0.29, 0.717) is 0 Å². The Morgan fingerprint density at radius 3 is 2.46 bits per heavy atom. The minimum Gasteiger partial charge on any atom is -0.464 e. The molecule has 0 aliphatic heterocycles. The highest BCUT2D eigenvalue weighted by Gasteiger charge is 2.41. The van der Waals surface area contributed by atoms with Crippen molar-refractivity contribution < 1.29 is 14.5 Å². The molecule has 24 heavy (non-hydrogen) atoms. The molecule has 1 unspecified atom stereocenters. The minimum atomic E-state index is -1.50. The fourth-order valence-electron chi connectivity index (χ4n) is 2.29. The molecule has 0 fully saturated rings. The Labute approximate surface area is 140 Å². The van der Waals surface area contributed by atoms with Crippen molar-refractivity contribution in [2.75, 3.05) is 6.61 Å². The number of para-hydroxylation sites is 1. The molecule has 0 saturated heterocycles. The van der Waals surface area contributed by atoms with E-state index in [1.54, 1.807) is 19.1 Å². The Bertz CT molecular complexity index is 759. The molecule has 2 aromatic rings. The Morgan fingerprint density at radius 1 is 1.21 bits per heavy atom. The highest BCUT2D eigenvalue weighted by molar-refractivity contribution is 5.88. The summed E-state index contributed by atoms with van der Waals surface area (Å²) in [6.07, 6.45) is 1.52. The monoisotopic (exact) mass is 326 g/mol. The number of hydrogen-bond acceptors (Lipinski definition) is 5. The Balaban J connectivity index is 2.54. The fraction of sp³-hybridized carbons (Fsp3) is 0.222. The number of esters is 1. The summed E-state index contributed by atoms with van der Waals surface area (Å²) < 4.78 is 5.11. The van der Waals surface area contributed by atoms with E-state index in [0.717, 1.165) is 5.56 Å². The molecule has 6 heteroatoms. The zero-order valence-corrected chi connectivity index (χ0v) is 13.5. The van der Waals surface area contributed by atoms with Gasteiger partial charge >= 0.3 is 5.97 Å². The number of nitrogens with zero attached hydrogens (tertiary/aromatic N) is 2. The van der Waals surface area contributed by atoms with Crippen molar-refractivity contribution in [3.8, 4) is 0 Å². The molecule has 0 N–H and O–H groups in total. The van der Waals surface area contributed by atoms with E-state index in [-0.39, 0.29) is 17.9 Å². The van der Waals surface area contributed by atoms with E-state index < -0.39 is 16.4 Å². The average Bonchev–Trinajstić information content (AvgIpc) is 2.60. The molecule has 124 valence electrons. The van der Waals surface area contributed by atoms with Crippen molar-refractivity contribution in [3.63, 3.8) is 0 Å². The van der Waals surface area contributed by atoms with Crippen molar-refractivity contribution >= 4 is 17.9 Å². The van der Waals surface area contributed by atoms with Gasteiger partial charge in [-0.2, -0.15) is 0 Å². The van der Waals surface area contributed by atoms with Crippen molar-refractivity contribution in [2.24, 2.45) is 4.99 Å². The van der Waals surface area contributed by atoms with Crippen LogP contribution < -0.4 is 0 Å². The van der Waals surface area contributed by atoms with E-state index in [4.69, 9.17) is 4.74 Å². The Morgan fingerprint density at radius 2 is 1.83 bits per heavy atom. The van der Waals surface area contributed by atoms with Crippen LogP contribution in [0.2, 0.25) is 0 Å². The predicted molar refractivity (Wildman–Crippen MR) is 91.1 cm³/mol. The molecule has 0 aliphatic carbocycles. The third-order valence-electron chi connectivity index (χ3n) is 3.57. The normalized spacial score (nSPS) is 13.4. The van der Waals surface area contributed by atoms with Crippen LogP contribution in [-0.2, 0) is 15.1 Å². The summed E-state index contributed by atoms with van der Waals surface area (Å²) in [7, 11) is 0. The van der Waals surface area contributed by atoms with Gasteiger partial charge in [0, 0.05) is 12.3 Å². The number of ether oxygens (including phenoxy) is 1. The van der Waals surface area contributed by atoms with Crippen LogP contribution in [0.4, 0.5) is 5.69 Å². The van der Waals surface area contributed by atoms with Crippen LogP contribution in [0.15, 0.2) is 59.6 Å². The quantitative estimate of drug-likeness (QED) is 0.352. The number of aliphatic imine (C=N–C) groups is 1.